The van der Waals surface area contributed by atoms with E-state index in [2.05, 4.69) is 53.9 Å². The maximum absolute atomic E-state index is 11.3. The van der Waals surface area contributed by atoms with Crippen molar-refractivity contribution in [1.29, 1.82) is 0 Å². The molecular weight excluding hydrogens is 532 g/mol. The van der Waals surface area contributed by atoms with Crippen LogP contribution in [0.3, 0.4) is 0 Å². The molecule has 4 aliphatic rings. The lowest BCUT2D eigenvalue weighted by Gasteiger charge is -2.27. The second kappa shape index (κ2) is 12.9. The van der Waals surface area contributed by atoms with Gasteiger partial charge in [0.1, 0.15) is 11.6 Å². The van der Waals surface area contributed by atoms with Crippen molar-refractivity contribution in [3.63, 3.8) is 0 Å². The first kappa shape index (κ1) is 30.4. The average molecular weight is 577 g/mol. The van der Waals surface area contributed by atoms with Crippen LogP contribution >= 0.6 is 0 Å². The van der Waals surface area contributed by atoms with Crippen LogP contribution in [0.2, 0.25) is 19.6 Å². The van der Waals surface area contributed by atoms with Gasteiger partial charge in [0.25, 0.3) is 0 Å². The molecule has 2 fully saturated rings. The van der Waals surface area contributed by atoms with E-state index in [4.69, 9.17) is 9.16 Å². The Balaban J connectivity index is 0.000000142. The summed E-state index contributed by atoms with van der Waals surface area (Å²) in [6.45, 7) is 14.7. The molecule has 0 bridgehead atoms. The van der Waals surface area contributed by atoms with Gasteiger partial charge in [0, 0.05) is 64.1 Å². The van der Waals surface area contributed by atoms with Crippen molar-refractivity contribution in [2.75, 3.05) is 33.9 Å². The normalized spacial score (nSPS) is 19.1. The minimum Gasteiger partial charge on any atom is -0.464 e. The summed E-state index contributed by atoms with van der Waals surface area (Å²) >= 11 is 0. The molecule has 2 saturated carbocycles. The summed E-state index contributed by atoms with van der Waals surface area (Å²) in [7, 11) is 1.35. The summed E-state index contributed by atoms with van der Waals surface area (Å²) < 4.78 is 24.7. The van der Waals surface area contributed by atoms with E-state index in [0.717, 1.165) is 76.4 Å². The van der Waals surface area contributed by atoms with E-state index in [0.29, 0.717) is 11.4 Å². The second-order valence-corrected chi connectivity index (χ2v) is 15.8. The fourth-order valence-electron chi connectivity index (χ4n) is 4.82. The lowest BCUT2D eigenvalue weighted by atomic mass is 10.3. The number of rotatable bonds is 7. The number of fused-ring (bicyclic) bond motifs is 2. The van der Waals surface area contributed by atoms with Crippen molar-refractivity contribution in [3.8, 4) is 0 Å². The van der Waals surface area contributed by atoms with Gasteiger partial charge in [-0.1, -0.05) is 0 Å². The monoisotopic (exact) mass is 576 g/mol. The van der Waals surface area contributed by atoms with Crippen LogP contribution in [0.5, 0.6) is 0 Å². The molecule has 2 aromatic rings. The van der Waals surface area contributed by atoms with Crippen molar-refractivity contribution in [3.05, 3.63) is 35.4 Å². The SMILES string of the molecule is CCOC1(O[Si](C)(C)C)CC1.COC(=O)c1cn2c(n1)CN(C1CC1)CC2.COC(=O)c1cn2c(n1)CNCC2. The molecule has 2 aliphatic heterocycles. The van der Waals surface area contributed by atoms with Crippen LogP contribution in [0.1, 0.15) is 65.2 Å². The average Bonchev–Trinajstić information content (AvgIpc) is 3.83. The third-order valence-corrected chi connectivity index (χ3v) is 7.90. The van der Waals surface area contributed by atoms with E-state index in [1.54, 1.807) is 12.4 Å². The van der Waals surface area contributed by atoms with E-state index in [9.17, 15) is 9.59 Å². The topological polar surface area (TPSA) is 122 Å². The van der Waals surface area contributed by atoms with Gasteiger partial charge in [-0.3, -0.25) is 4.90 Å². The molecule has 0 spiro atoms. The Kier molecular flexibility index (Phi) is 9.83. The predicted octanol–water partition coefficient (Wildman–Crippen LogP) is 2.79. The summed E-state index contributed by atoms with van der Waals surface area (Å²) in [4.78, 5) is 33.4. The Morgan fingerprint density at radius 1 is 0.975 bits per heavy atom. The van der Waals surface area contributed by atoms with Crippen LogP contribution < -0.4 is 5.32 Å². The molecular formula is C27H44N6O6Si. The van der Waals surface area contributed by atoms with Crippen molar-refractivity contribution in [2.24, 2.45) is 0 Å². The van der Waals surface area contributed by atoms with E-state index < -0.39 is 8.32 Å². The number of esters is 2. The second-order valence-electron chi connectivity index (χ2n) is 11.4. The molecule has 1 N–H and O–H groups in total. The molecule has 6 rings (SSSR count). The van der Waals surface area contributed by atoms with Crippen LogP contribution in [-0.2, 0) is 44.8 Å². The van der Waals surface area contributed by atoms with Crippen LogP contribution in [0.4, 0.5) is 0 Å². The first-order chi connectivity index (χ1) is 19.1. The lowest BCUT2D eigenvalue weighted by molar-refractivity contribution is -0.106. The maximum atomic E-state index is 11.3. The number of hydrogen-bond acceptors (Lipinski definition) is 10. The number of carbonyl (C=O) groups is 2. The molecule has 40 heavy (non-hydrogen) atoms. The highest BCUT2D eigenvalue weighted by atomic mass is 28.4. The van der Waals surface area contributed by atoms with Gasteiger partial charge in [0.2, 0.25) is 0 Å². The third kappa shape index (κ3) is 8.23. The van der Waals surface area contributed by atoms with Gasteiger partial charge in [-0.05, 0) is 39.4 Å². The van der Waals surface area contributed by atoms with E-state index in [1.807, 2.05) is 11.5 Å². The number of aromatic nitrogens is 4. The van der Waals surface area contributed by atoms with Crippen LogP contribution in [0.25, 0.3) is 0 Å². The zero-order valence-corrected chi connectivity index (χ0v) is 25.7. The van der Waals surface area contributed by atoms with Gasteiger partial charge in [0.15, 0.2) is 25.5 Å². The minimum absolute atomic E-state index is 0.154. The van der Waals surface area contributed by atoms with E-state index in [-0.39, 0.29) is 17.7 Å². The summed E-state index contributed by atoms with van der Waals surface area (Å²) in [5.74, 6) is 1.01. The number of hydrogen-bond donors (Lipinski definition) is 1. The van der Waals surface area contributed by atoms with E-state index in [1.165, 1.54) is 27.1 Å². The molecule has 12 nitrogen and oxygen atoms in total. The van der Waals surface area contributed by atoms with Gasteiger partial charge < -0.3 is 33.1 Å². The summed E-state index contributed by atoms with van der Waals surface area (Å²) in [6, 6.07) is 0.757. The highest BCUT2D eigenvalue weighted by Crippen LogP contribution is 2.42. The van der Waals surface area contributed by atoms with Crippen LogP contribution in [0, 0.1) is 0 Å². The Morgan fingerprint density at radius 3 is 2.08 bits per heavy atom. The molecule has 222 valence electrons. The number of nitrogens with zero attached hydrogens (tertiary/aromatic N) is 5. The zero-order valence-electron chi connectivity index (χ0n) is 24.7. The molecule has 0 atom stereocenters. The van der Waals surface area contributed by atoms with Gasteiger partial charge in [-0.15, -0.1) is 0 Å². The van der Waals surface area contributed by atoms with Crippen molar-refractivity contribution >= 4 is 20.3 Å². The number of imidazole rings is 2. The van der Waals surface area contributed by atoms with Gasteiger partial charge in [-0.25, -0.2) is 19.6 Å². The molecule has 0 amide bonds. The van der Waals surface area contributed by atoms with E-state index >= 15 is 0 Å². The third-order valence-electron chi connectivity index (χ3n) is 6.91. The number of ether oxygens (including phenoxy) is 3. The molecule has 4 heterocycles. The number of carbonyl (C=O) groups excluding carboxylic acids is 2. The highest BCUT2D eigenvalue weighted by molar-refractivity contribution is 6.69. The largest absolute Gasteiger partial charge is 0.464 e. The summed E-state index contributed by atoms with van der Waals surface area (Å²) in [5, 5.41) is 3.18. The Labute approximate surface area is 237 Å². The van der Waals surface area contributed by atoms with Gasteiger partial charge in [-0.2, -0.15) is 0 Å². The van der Waals surface area contributed by atoms with Crippen LogP contribution in [0.15, 0.2) is 12.4 Å². The fourth-order valence-corrected chi connectivity index (χ4v) is 6.19. The standard InChI is InChI=1S/C11H15N3O2.C8H11N3O2.C8H18O2Si/c1-16-11(15)9-6-14-5-4-13(8-2-3-8)7-10(14)12-9;1-13-8(12)6-5-11-3-2-9-4-7(11)10-6;1-5-9-8(6-7-8)10-11(2,3)4/h6,8H,2-5,7H2,1H3;5,9H,2-4H2,1H3;5-7H2,1-4H3. The molecule has 2 aromatic heterocycles. The predicted molar refractivity (Wildman–Crippen MR) is 150 cm³/mol. The molecule has 0 radical (unpaired) electrons. The zero-order chi connectivity index (χ0) is 28.9. The van der Waals surface area contributed by atoms with Crippen molar-refractivity contribution in [2.45, 2.75) is 90.3 Å². The molecule has 2 aliphatic carbocycles. The first-order valence-electron chi connectivity index (χ1n) is 14.1. The highest BCUT2D eigenvalue weighted by Gasteiger charge is 2.47. The molecule has 0 saturated heterocycles. The lowest BCUT2D eigenvalue weighted by Crippen LogP contribution is -2.35. The van der Waals surface area contributed by atoms with Crippen LogP contribution in [-0.4, -0.2) is 90.0 Å². The Bertz CT molecular complexity index is 1140. The summed E-state index contributed by atoms with van der Waals surface area (Å²) in [6.07, 6.45) is 8.33. The van der Waals surface area contributed by atoms with Gasteiger partial charge >= 0.3 is 11.9 Å². The molecule has 0 unspecified atom stereocenters. The fraction of sp³-hybridized carbons (Fsp3) is 0.704. The minimum atomic E-state index is -1.39. The smallest absolute Gasteiger partial charge is 0.358 e. The Morgan fingerprint density at radius 2 is 1.57 bits per heavy atom. The quantitative estimate of drug-likeness (QED) is 0.299. The van der Waals surface area contributed by atoms with Crippen molar-refractivity contribution < 1.29 is 28.2 Å². The number of nitrogens with one attached hydrogen (secondary N) is 1. The summed E-state index contributed by atoms with van der Waals surface area (Å²) in [5.41, 5.74) is 0.816. The Hall–Kier alpha value is -2.58. The first-order valence-corrected chi connectivity index (χ1v) is 17.5. The van der Waals surface area contributed by atoms with Crippen molar-refractivity contribution in [1.82, 2.24) is 29.3 Å². The molecule has 0 aromatic carbocycles. The maximum Gasteiger partial charge on any atom is 0.358 e. The number of methoxy groups -OCH3 is 2. The van der Waals surface area contributed by atoms with Gasteiger partial charge in [0.05, 0.1) is 27.3 Å². The molecule has 13 heteroatoms.